The van der Waals surface area contributed by atoms with Crippen LogP contribution in [0.3, 0.4) is 0 Å². The van der Waals surface area contributed by atoms with E-state index in [4.69, 9.17) is 9.47 Å². The van der Waals surface area contributed by atoms with Crippen LogP contribution in [0.25, 0.3) is 6.08 Å². The van der Waals surface area contributed by atoms with Crippen molar-refractivity contribution in [2.24, 2.45) is 0 Å². The number of hydrogen-bond donors (Lipinski definition) is 0. The molecular formula is C21H24O3. The Kier molecular flexibility index (Phi) is 6.62. The fraction of sp³-hybridized carbons (Fsp3) is 0.286. The molecule has 0 spiro atoms. The normalized spacial score (nSPS) is 10.8. The molecule has 0 aliphatic rings. The maximum absolute atomic E-state index is 12.5. The Morgan fingerprint density at radius 2 is 1.67 bits per heavy atom. The zero-order valence-electron chi connectivity index (χ0n) is 14.5. The quantitative estimate of drug-likeness (QED) is 0.509. The highest BCUT2D eigenvalue weighted by Crippen LogP contribution is 2.24. The molecule has 0 fully saturated rings. The number of ether oxygens (including phenoxy) is 2. The fourth-order valence-electron chi connectivity index (χ4n) is 2.44. The van der Waals surface area contributed by atoms with Crippen LogP contribution in [-0.2, 0) is 6.42 Å². The van der Waals surface area contributed by atoms with Gasteiger partial charge in [0, 0.05) is 5.56 Å². The first-order valence-electron chi connectivity index (χ1n) is 8.39. The molecule has 2 aromatic rings. The van der Waals surface area contributed by atoms with E-state index in [1.165, 1.54) is 5.56 Å². The first kappa shape index (κ1) is 17.8. The Bertz CT molecular complexity index is 717. The molecule has 0 atom stereocenters. The molecule has 24 heavy (non-hydrogen) atoms. The Morgan fingerprint density at radius 1 is 0.958 bits per heavy atom. The van der Waals surface area contributed by atoms with Gasteiger partial charge in [-0.15, -0.1) is 0 Å². The predicted octanol–water partition coefficient (Wildman–Crippen LogP) is 4.94. The number of ketones is 1. The molecule has 3 heteroatoms. The number of benzene rings is 2. The molecule has 0 bridgehead atoms. The van der Waals surface area contributed by atoms with Crippen LogP contribution in [0.5, 0.6) is 11.5 Å². The van der Waals surface area contributed by atoms with Gasteiger partial charge >= 0.3 is 0 Å². The van der Waals surface area contributed by atoms with Gasteiger partial charge in [-0.05, 0) is 62.2 Å². The molecule has 2 rings (SSSR count). The highest BCUT2D eigenvalue weighted by molar-refractivity contribution is 6.08. The summed E-state index contributed by atoms with van der Waals surface area (Å²) < 4.78 is 11.2. The minimum absolute atomic E-state index is 0.0802. The van der Waals surface area contributed by atoms with Gasteiger partial charge in [-0.3, -0.25) is 4.79 Å². The summed E-state index contributed by atoms with van der Waals surface area (Å²) >= 11 is 0. The van der Waals surface area contributed by atoms with E-state index in [2.05, 4.69) is 19.1 Å². The van der Waals surface area contributed by atoms with Crippen LogP contribution < -0.4 is 9.47 Å². The van der Waals surface area contributed by atoms with Crippen LogP contribution in [0.1, 0.15) is 42.3 Å². The van der Waals surface area contributed by atoms with Gasteiger partial charge in [-0.1, -0.05) is 25.1 Å². The molecule has 0 aliphatic carbocycles. The molecule has 126 valence electrons. The second-order valence-corrected chi connectivity index (χ2v) is 5.29. The molecule has 0 unspecified atom stereocenters. The Balaban J connectivity index is 2.28. The molecule has 0 saturated carbocycles. The van der Waals surface area contributed by atoms with Gasteiger partial charge in [0.1, 0.15) is 11.5 Å². The largest absolute Gasteiger partial charge is 0.493 e. The number of rotatable bonds is 8. The van der Waals surface area contributed by atoms with Gasteiger partial charge in [0.05, 0.1) is 18.8 Å². The third kappa shape index (κ3) is 4.48. The highest BCUT2D eigenvalue weighted by Gasteiger charge is 2.09. The zero-order chi connectivity index (χ0) is 17.4. The molecule has 0 aromatic heterocycles. The first-order valence-corrected chi connectivity index (χ1v) is 8.39. The fourth-order valence-corrected chi connectivity index (χ4v) is 2.44. The van der Waals surface area contributed by atoms with Crippen molar-refractivity contribution in [1.82, 2.24) is 0 Å². The minimum Gasteiger partial charge on any atom is -0.493 e. The van der Waals surface area contributed by atoms with Crippen molar-refractivity contribution in [1.29, 1.82) is 0 Å². The Morgan fingerprint density at radius 3 is 2.38 bits per heavy atom. The van der Waals surface area contributed by atoms with Crippen molar-refractivity contribution in [2.45, 2.75) is 27.2 Å². The second kappa shape index (κ2) is 8.92. The molecule has 3 nitrogen and oxygen atoms in total. The van der Waals surface area contributed by atoms with Crippen molar-refractivity contribution in [2.75, 3.05) is 13.2 Å². The lowest BCUT2D eigenvalue weighted by molar-refractivity contribution is 0.104. The summed E-state index contributed by atoms with van der Waals surface area (Å²) in [6, 6.07) is 13.4. The number of carbonyl (C=O) groups excluding carboxylic acids is 1. The minimum atomic E-state index is -0.0802. The zero-order valence-corrected chi connectivity index (χ0v) is 14.5. The molecule has 0 N–H and O–H groups in total. The lowest BCUT2D eigenvalue weighted by Gasteiger charge is -2.09. The van der Waals surface area contributed by atoms with Crippen LogP contribution in [0.4, 0.5) is 0 Å². The van der Waals surface area contributed by atoms with Crippen LogP contribution in [0.15, 0.2) is 48.5 Å². The van der Waals surface area contributed by atoms with E-state index >= 15 is 0 Å². The van der Waals surface area contributed by atoms with Crippen LogP contribution in [0.2, 0.25) is 0 Å². The van der Waals surface area contributed by atoms with Crippen LogP contribution in [0, 0.1) is 0 Å². The topological polar surface area (TPSA) is 35.5 Å². The number of carbonyl (C=O) groups is 1. The Hall–Kier alpha value is -2.55. The third-order valence-electron chi connectivity index (χ3n) is 3.65. The van der Waals surface area contributed by atoms with E-state index in [9.17, 15) is 4.79 Å². The van der Waals surface area contributed by atoms with Gasteiger partial charge in [-0.2, -0.15) is 0 Å². The summed E-state index contributed by atoms with van der Waals surface area (Å²) in [6.07, 6.45) is 4.33. The predicted molar refractivity (Wildman–Crippen MR) is 98.0 cm³/mol. The van der Waals surface area contributed by atoms with Crippen molar-refractivity contribution in [3.63, 3.8) is 0 Å². The lowest BCUT2D eigenvalue weighted by Crippen LogP contribution is -2.01. The van der Waals surface area contributed by atoms with Crippen molar-refractivity contribution in [3.8, 4) is 11.5 Å². The molecule has 0 saturated heterocycles. The molecule has 0 radical (unpaired) electrons. The SMILES string of the molecule is CCOc1ccc(CC)cc1/C=C/C(=O)c1ccccc1OCC. The second-order valence-electron chi connectivity index (χ2n) is 5.29. The van der Waals surface area contributed by atoms with Gasteiger partial charge in [0.15, 0.2) is 5.78 Å². The monoisotopic (exact) mass is 324 g/mol. The molecule has 2 aromatic carbocycles. The summed E-state index contributed by atoms with van der Waals surface area (Å²) in [6.45, 7) is 7.08. The van der Waals surface area contributed by atoms with Crippen LogP contribution in [-0.4, -0.2) is 19.0 Å². The number of aryl methyl sites for hydroxylation is 1. The molecular weight excluding hydrogens is 300 g/mol. The van der Waals surface area contributed by atoms with Crippen molar-refractivity contribution < 1.29 is 14.3 Å². The highest BCUT2D eigenvalue weighted by atomic mass is 16.5. The summed E-state index contributed by atoms with van der Waals surface area (Å²) in [5, 5.41) is 0. The van der Waals surface area contributed by atoms with E-state index in [0.717, 1.165) is 17.7 Å². The van der Waals surface area contributed by atoms with Gasteiger partial charge in [-0.25, -0.2) is 0 Å². The maximum Gasteiger partial charge on any atom is 0.189 e. The summed E-state index contributed by atoms with van der Waals surface area (Å²) in [5.74, 6) is 1.32. The van der Waals surface area contributed by atoms with E-state index in [-0.39, 0.29) is 5.78 Å². The average Bonchev–Trinajstić information content (AvgIpc) is 2.61. The maximum atomic E-state index is 12.5. The first-order chi connectivity index (χ1) is 11.7. The number of hydrogen-bond acceptors (Lipinski definition) is 3. The van der Waals surface area contributed by atoms with Gasteiger partial charge in [0.25, 0.3) is 0 Å². The van der Waals surface area contributed by atoms with Crippen molar-refractivity contribution in [3.05, 3.63) is 65.2 Å². The summed E-state index contributed by atoms with van der Waals surface area (Å²) in [4.78, 5) is 12.5. The standard InChI is InChI=1S/C21H24O3/c1-4-16-11-14-20(23-5-2)17(15-16)12-13-19(22)18-9-7-8-10-21(18)24-6-3/h7-15H,4-6H2,1-3H3/b13-12+. The van der Waals surface area contributed by atoms with E-state index in [0.29, 0.717) is 24.5 Å². The lowest BCUT2D eigenvalue weighted by atomic mass is 10.0. The molecule has 0 aliphatic heterocycles. The third-order valence-corrected chi connectivity index (χ3v) is 3.65. The number of para-hydroxylation sites is 1. The average molecular weight is 324 g/mol. The van der Waals surface area contributed by atoms with E-state index < -0.39 is 0 Å². The molecule has 0 amide bonds. The summed E-state index contributed by atoms with van der Waals surface area (Å²) in [5.41, 5.74) is 2.69. The number of allylic oxidation sites excluding steroid dienone is 1. The van der Waals surface area contributed by atoms with E-state index in [1.807, 2.05) is 44.2 Å². The van der Waals surface area contributed by atoms with Gasteiger partial charge < -0.3 is 9.47 Å². The smallest absolute Gasteiger partial charge is 0.189 e. The van der Waals surface area contributed by atoms with Gasteiger partial charge in [0.2, 0.25) is 0 Å². The van der Waals surface area contributed by atoms with E-state index in [1.54, 1.807) is 12.1 Å². The molecule has 0 heterocycles. The summed E-state index contributed by atoms with van der Waals surface area (Å²) in [7, 11) is 0. The Labute approximate surface area is 143 Å². The van der Waals surface area contributed by atoms with Crippen LogP contribution >= 0.6 is 0 Å². The van der Waals surface area contributed by atoms with Crippen molar-refractivity contribution >= 4 is 11.9 Å².